The van der Waals surface area contributed by atoms with Gasteiger partial charge in [-0.1, -0.05) is 24.3 Å². The molecule has 29 heavy (non-hydrogen) atoms. The Bertz CT molecular complexity index is 976. The van der Waals surface area contributed by atoms with Gasteiger partial charge in [0.1, 0.15) is 17.8 Å². The molecule has 0 unspecified atom stereocenters. The van der Waals surface area contributed by atoms with Gasteiger partial charge in [-0.2, -0.15) is 0 Å². The van der Waals surface area contributed by atoms with E-state index < -0.39 is 5.97 Å². The van der Waals surface area contributed by atoms with Crippen LogP contribution in [0.25, 0.3) is 0 Å². The molecule has 0 fully saturated rings. The summed E-state index contributed by atoms with van der Waals surface area (Å²) < 4.78 is 10.3. The van der Waals surface area contributed by atoms with Gasteiger partial charge < -0.3 is 25.8 Å². The van der Waals surface area contributed by atoms with Crippen LogP contribution in [0.2, 0.25) is 0 Å². The van der Waals surface area contributed by atoms with Gasteiger partial charge in [0.25, 0.3) is 0 Å². The number of carbonyl (C=O) groups is 1. The topological polar surface area (TPSA) is 111 Å². The minimum Gasteiger partial charge on any atom is -0.497 e. The van der Waals surface area contributed by atoms with Crippen molar-refractivity contribution < 1.29 is 14.3 Å². The number of nitrogen functional groups attached to an aromatic ring is 1. The highest BCUT2D eigenvalue weighted by Gasteiger charge is 2.15. The van der Waals surface area contributed by atoms with Crippen molar-refractivity contribution in [1.82, 2.24) is 9.97 Å². The molecule has 8 nitrogen and oxygen atoms in total. The number of rotatable bonds is 8. The van der Waals surface area contributed by atoms with Gasteiger partial charge in [-0.05, 0) is 36.8 Å². The molecular weight excluding hydrogens is 370 g/mol. The van der Waals surface area contributed by atoms with Crippen LogP contribution in [0.5, 0.6) is 5.75 Å². The molecule has 0 atom stereocenters. The van der Waals surface area contributed by atoms with Gasteiger partial charge in [-0.25, -0.2) is 14.8 Å². The standard InChI is InChI=1S/C21H23N5O3/c1-3-29-21(27)16-6-4-5-7-17(16)26-20-18(22)19(24-13-25-20)23-12-14-8-10-15(28-2)11-9-14/h4-11,13H,3,12,22H2,1-2H3,(H2,23,24,25,26). The molecule has 0 bridgehead atoms. The molecule has 0 saturated carbocycles. The summed E-state index contributed by atoms with van der Waals surface area (Å²) in [7, 11) is 1.63. The van der Waals surface area contributed by atoms with E-state index in [1.807, 2.05) is 30.3 Å². The lowest BCUT2D eigenvalue weighted by Crippen LogP contribution is -2.11. The number of para-hydroxylation sites is 1. The van der Waals surface area contributed by atoms with Crippen LogP contribution in [-0.2, 0) is 11.3 Å². The number of aromatic nitrogens is 2. The fourth-order valence-electron chi connectivity index (χ4n) is 2.67. The van der Waals surface area contributed by atoms with E-state index in [-0.39, 0.29) is 0 Å². The zero-order chi connectivity index (χ0) is 20.6. The summed E-state index contributed by atoms with van der Waals surface area (Å²) in [6.45, 7) is 2.59. The lowest BCUT2D eigenvalue weighted by molar-refractivity contribution is 0.0527. The molecular formula is C21H23N5O3. The van der Waals surface area contributed by atoms with Crippen LogP contribution in [0.15, 0.2) is 54.9 Å². The van der Waals surface area contributed by atoms with Crippen LogP contribution in [0.3, 0.4) is 0 Å². The zero-order valence-electron chi connectivity index (χ0n) is 16.3. The van der Waals surface area contributed by atoms with Crippen LogP contribution in [-0.4, -0.2) is 29.7 Å². The number of esters is 1. The van der Waals surface area contributed by atoms with Gasteiger partial charge in [0.15, 0.2) is 11.6 Å². The summed E-state index contributed by atoms with van der Waals surface area (Å²) in [6, 6.07) is 14.7. The molecule has 1 aromatic heterocycles. The number of anilines is 4. The average molecular weight is 393 g/mol. The number of ether oxygens (including phenoxy) is 2. The van der Waals surface area contributed by atoms with Crippen LogP contribution in [0.1, 0.15) is 22.8 Å². The molecule has 3 rings (SSSR count). The van der Waals surface area contributed by atoms with E-state index >= 15 is 0 Å². The number of nitrogens with zero attached hydrogens (tertiary/aromatic N) is 2. The Hall–Kier alpha value is -3.81. The number of methoxy groups -OCH3 is 1. The maximum atomic E-state index is 12.2. The van der Waals surface area contributed by atoms with Crippen molar-refractivity contribution in [3.05, 3.63) is 66.0 Å². The third-order valence-corrected chi connectivity index (χ3v) is 4.18. The SMILES string of the molecule is CCOC(=O)c1ccccc1Nc1ncnc(NCc2ccc(OC)cc2)c1N. The zero-order valence-corrected chi connectivity index (χ0v) is 16.3. The Morgan fingerprint density at radius 3 is 2.52 bits per heavy atom. The normalized spacial score (nSPS) is 10.3. The van der Waals surface area contributed by atoms with Crippen molar-refractivity contribution >= 4 is 29.0 Å². The van der Waals surface area contributed by atoms with Crippen molar-refractivity contribution in [2.24, 2.45) is 0 Å². The highest BCUT2D eigenvalue weighted by Crippen LogP contribution is 2.28. The lowest BCUT2D eigenvalue weighted by Gasteiger charge is -2.14. The minimum atomic E-state index is -0.416. The first kappa shape index (κ1) is 19.9. The molecule has 0 aliphatic heterocycles. The highest BCUT2D eigenvalue weighted by molar-refractivity contribution is 5.97. The van der Waals surface area contributed by atoms with Crippen LogP contribution < -0.4 is 21.1 Å². The third-order valence-electron chi connectivity index (χ3n) is 4.18. The number of hydrogen-bond acceptors (Lipinski definition) is 8. The van der Waals surface area contributed by atoms with Crippen LogP contribution in [0, 0.1) is 0 Å². The van der Waals surface area contributed by atoms with Gasteiger partial charge in [0.05, 0.1) is 25.0 Å². The molecule has 0 spiro atoms. The molecule has 4 N–H and O–H groups in total. The van der Waals surface area contributed by atoms with Crippen molar-refractivity contribution in [3.8, 4) is 5.75 Å². The number of hydrogen-bond donors (Lipinski definition) is 3. The lowest BCUT2D eigenvalue weighted by atomic mass is 10.1. The van der Waals surface area contributed by atoms with E-state index in [0.29, 0.717) is 41.7 Å². The smallest absolute Gasteiger partial charge is 0.340 e. The Morgan fingerprint density at radius 1 is 1.07 bits per heavy atom. The summed E-state index contributed by atoms with van der Waals surface area (Å²) in [5.74, 6) is 1.27. The molecule has 0 aliphatic rings. The van der Waals surface area contributed by atoms with Gasteiger partial charge >= 0.3 is 5.97 Å². The molecule has 8 heteroatoms. The first-order valence-electron chi connectivity index (χ1n) is 9.12. The molecule has 0 amide bonds. The minimum absolute atomic E-state index is 0.294. The quantitative estimate of drug-likeness (QED) is 0.498. The molecule has 3 aromatic rings. The molecule has 1 heterocycles. The molecule has 0 aliphatic carbocycles. The summed E-state index contributed by atoms with van der Waals surface area (Å²) in [5.41, 5.74) is 8.59. The van der Waals surface area contributed by atoms with E-state index in [4.69, 9.17) is 15.2 Å². The number of nitrogens with two attached hydrogens (primary N) is 1. The Kier molecular flexibility index (Phi) is 6.47. The Morgan fingerprint density at radius 2 is 1.79 bits per heavy atom. The van der Waals surface area contributed by atoms with Gasteiger partial charge in [-0.15, -0.1) is 0 Å². The fraction of sp³-hybridized carbons (Fsp3) is 0.190. The van der Waals surface area contributed by atoms with E-state index in [1.54, 1.807) is 32.2 Å². The van der Waals surface area contributed by atoms with E-state index in [9.17, 15) is 4.79 Å². The van der Waals surface area contributed by atoms with E-state index in [1.165, 1.54) is 6.33 Å². The van der Waals surface area contributed by atoms with Crippen molar-refractivity contribution in [1.29, 1.82) is 0 Å². The molecule has 0 radical (unpaired) electrons. The maximum Gasteiger partial charge on any atom is 0.340 e. The molecule has 2 aromatic carbocycles. The van der Waals surface area contributed by atoms with Crippen molar-refractivity contribution in [2.75, 3.05) is 30.1 Å². The van der Waals surface area contributed by atoms with Gasteiger partial charge in [0, 0.05) is 6.54 Å². The summed E-state index contributed by atoms with van der Waals surface area (Å²) in [5, 5.41) is 6.30. The second-order valence-corrected chi connectivity index (χ2v) is 6.08. The average Bonchev–Trinajstić information content (AvgIpc) is 2.75. The fourth-order valence-corrected chi connectivity index (χ4v) is 2.67. The first-order chi connectivity index (χ1) is 14.1. The predicted molar refractivity (Wildman–Crippen MR) is 112 cm³/mol. The highest BCUT2D eigenvalue weighted by atomic mass is 16.5. The van der Waals surface area contributed by atoms with Crippen LogP contribution in [0.4, 0.5) is 23.0 Å². The van der Waals surface area contributed by atoms with E-state index in [0.717, 1.165) is 11.3 Å². The summed E-state index contributed by atoms with van der Waals surface area (Å²) in [4.78, 5) is 20.6. The molecule has 150 valence electrons. The monoisotopic (exact) mass is 393 g/mol. The number of benzene rings is 2. The second kappa shape index (κ2) is 9.41. The molecule has 0 saturated heterocycles. The Balaban J connectivity index is 1.76. The first-order valence-corrected chi connectivity index (χ1v) is 9.12. The number of nitrogens with one attached hydrogen (secondary N) is 2. The Labute approximate surface area is 169 Å². The summed E-state index contributed by atoms with van der Waals surface area (Å²) >= 11 is 0. The van der Waals surface area contributed by atoms with Gasteiger partial charge in [-0.3, -0.25) is 0 Å². The van der Waals surface area contributed by atoms with Crippen LogP contribution >= 0.6 is 0 Å². The van der Waals surface area contributed by atoms with Gasteiger partial charge in [0.2, 0.25) is 0 Å². The van der Waals surface area contributed by atoms with Crippen molar-refractivity contribution in [2.45, 2.75) is 13.5 Å². The van der Waals surface area contributed by atoms with Crippen molar-refractivity contribution in [3.63, 3.8) is 0 Å². The van der Waals surface area contributed by atoms with E-state index in [2.05, 4.69) is 20.6 Å². The predicted octanol–water partition coefficient (Wildman–Crippen LogP) is 3.60. The number of carbonyl (C=O) groups excluding carboxylic acids is 1. The maximum absolute atomic E-state index is 12.2. The second-order valence-electron chi connectivity index (χ2n) is 6.08. The largest absolute Gasteiger partial charge is 0.497 e. The third kappa shape index (κ3) is 4.92. The summed E-state index contributed by atoms with van der Waals surface area (Å²) in [6.07, 6.45) is 1.40.